The number of imidazole rings is 1. The number of ether oxygens (including phenoxy) is 1. The quantitative estimate of drug-likeness (QED) is 0.874. The maximum atomic E-state index is 13.2. The Hall–Kier alpha value is -1.88. The molecule has 0 amide bonds. The van der Waals surface area contributed by atoms with E-state index in [4.69, 9.17) is 10.5 Å². The second-order valence-corrected chi connectivity index (χ2v) is 3.70. The molecule has 2 rings (SSSR count). The van der Waals surface area contributed by atoms with Gasteiger partial charge in [0.15, 0.2) is 0 Å². The number of halogens is 1. The standard InChI is InChI=1S/C12H14FN3O/c1-17-12-3-2-10(13)4-9(12)6-16-7-11(5-14)15-8-16/h2-4,7-8H,5-6,14H2,1H3. The van der Waals surface area contributed by atoms with Crippen LogP contribution in [0.1, 0.15) is 11.3 Å². The Morgan fingerprint density at radius 2 is 2.29 bits per heavy atom. The summed E-state index contributed by atoms with van der Waals surface area (Å²) in [6, 6.07) is 4.45. The highest BCUT2D eigenvalue weighted by atomic mass is 19.1. The molecule has 1 aromatic heterocycles. The predicted octanol–water partition coefficient (Wildman–Crippen LogP) is 1.54. The first kappa shape index (κ1) is 11.6. The van der Waals surface area contributed by atoms with Crippen LogP contribution < -0.4 is 10.5 Å². The lowest BCUT2D eigenvalue weighted by Crippen LogP contribution is -2.01. The molecule has 2 aromatic rings. The van der Waals surface area contributed by atoms with Crippen LogP contribution >= 0.6 is 0 Å². The van der Waals surface area contributed by atoms with Crippen molar-refractivity contribution >= 4 is 0 Å². The van der Waals surface area contributed by atoms with Crippen molar-refractivity contribution in [2.45, 2.75) is 13.1 Å². The Balaban J connectivity index is 2.25. The molecule has 0 aliphatic rings. The summed E-state index contributed by atoms with van der Waals surface area (Å²) in [5, 5.41) is 0. The third-order valence-corrected chi connectivity index (χ3v) is 2.49. The Kier molecular flexibility index (Phi) is 3.39. The van der Waals surface area contributed by atoms with Crippen LogP contribution in [0, 0.1) is 5.82 Å². The molecule has 0 unspecified atom stereocenters. The van der Waals surface area contributed by atoms with E-state index in [-0.39, 0.29) is 5.82 Å². The zero-order valence-corrected chi connectivity index (χ0v) is 9.56. The minimum absolute atomic E-state index is 0.278. The van der Waals surface area contributed by atoms with Gasteiger partial charge in [0.1, 0.15) is 11.6 Å². The molecule has 0 saturated carbocycles. The lowest BCUT2D eigenvalue weighted by Gasteiger charge is -2.08. The molecule has 5 heteroatoms. The van der Waals surface area contributed by atoms with Gasteiger partial charge in [-0.1, -0.05) is 0 Å². The number of rotatable bonds is 4. The van der Waals surface area contributed by atoms with E-state index in [0.717, 1.165) is 11.3 Å². The third kappa shape index (κ3) is 2.62. The van der Waals surface area contributed by atoms with Crippen molar-refractivity contribution in [3.8, 4) is 5.75 Å². The summed E-state index contributed by atoms with van der Waals surface area (Å²) >= 11 is 0. The number of hydrogen-bond acceptors (Lipinski definition) is 3. The van der Waals surface area contributed by atoms with E-state index in [9.17, 15) is 4.39 Å². The van der Waals surface area contributed by atoms with E-state index in [0.29, 0.717) is 18.8 Å². The number of benzene rings is 1. The molecule has 0 fully saturated rings. The van der Waals surface area contributed by atoms with Crippen LogP contribution in [0.4, 0.5) is 4.39 Å². The fourth-order valence-electron chi connectivity index (χ4n) is 1.67. The van der Waals surface area contributed by atoms with Crippen LogP contribution in [0.5, 0.6) is 5.75 Å². The van der Waals surface area contributed by atoms with Gasteiger partial charge in [0, 0.05) is 18.3 Å². The summed E-state index contributed by atoms with van der Waals surface area (Å²) in [4.78, 5) is 4.11. The highest BCUT2D eigenvalue weighted by Gasteiger charge is 2.06. The molecule has 1 aromatic carbocycles. The second kappa shape index (κ2) is 4.97. The SMILES string of the molecule is COc1ccc(F)cc1Cn1cnc(CN)c1. The number of nitrogens with zero attached hydrogens (tertiary/aromatic N) is 2. The number of aromatic nitrogens is 2. The second-order valence-electron chi connectivity index (χ2n) is 3.70. The van der Waals surface area contributed by atoms with Crippen molar-refractivity contribution in [3.63, 3.8) is 0 Å². The van der Waals surface area contributed by atoms with Crippen LogP contribution in [0.2, 0.25) is 0 Å². The smallest absolute Gasteiger partial charge is 0.124 e. The molecule has 0 spiro atoms. The molecular formula is C12H14FN3O. The highest BCUT2D eigenvalue weighted by Crippen LogP contribution is 2.20. The van der Waals surface area contributed by atoms with E-state index >= 15 is 0 Å². The Morgan fingerprint density at radius 3 is 2.94 bits per heavy atom. The van der Waals surface area contributed by atoms with Gasteiger partial charge >= 0.3 is 0 Å². The number of methoxy groups -OCH3 is 1. The van der Waals surface area contributed by atoms with Crippen molar-refractivity contribution in [1.29, 1.82) is 0 Å². The Labute approximate surface area is 98.8 Å². The van der Waals surface area contributed by atoms with Crippen molar-refractivity contribution in [3.05, 3.63) is 47.8 Å². The molecular weight excluding hydrogens is 221 g/mol. The van der Waals surface area contributed by atoms with E-state index in [1.807, 2.05) is 10.8 Å². The number of hydrogen-bond donors (Lipinski definition) is 1. The van der Waals surface area contributed by atoms with E-state index in [1.54, 1.807) is 19.5 Å². The predicted molar refractivity (Wildman–Crippen MR) is 62.2 cm³/mol. The van der Waals surface area contributed by atoms with Gasteiger partial charge in [-0.25, -0.2) is 9.37 Å². The Morgan fingerprint density at radius 1 is 1.47 bits per heavy atom. The van der Waals surface area contributed by atoms with Crippen LogP contribution in [0.25, 0.3) is 0 Å². The zero-order chi connectivity index (χ0) is 12.3. The zero-order valence-electron chi connectivity index (χ0n) is 9.56. The number of nitrogens with two attached hydrogens (primary N) is 1. The van der Waals surface area contributed by atoms with Crippen molar-refractivity contribution < 1.29 is 9.13 Å². The fraction of sp³-hybridized carbons (Fsp3) is 0.250. The summed E-state index contributed by atoms with van der Waals surface area (Å²) in [5.74, 6) is 0.384. The van der Waals surface area contributed by atoms with Gasteiger partial charge in [0.25, 0.3) is 0 Å². The molecule has 0 radical (unpaired) electrons. The van der Waals surface area contributed by atoms with E-state index < -0.39 is 0 Å². The first-order valence-corrected chi connectivity index (χ1v) is 5.26. The van der Waals surface area contributed by atoms with Crippen molar-refractivity contribution in [2.75, 3.05) is 7.11 Å². The molecule has 17 heavy (non-hydrogen) atoms. The summed E-state index contributed by atoms with van der Waals surface area (Å²) in [7, 11) is 1.57. The monoisotopic (exact) mass is 235 g/mol. The van der Waals surface area contributed by atoms with Crippen LogP contribution in [0.3, 0.4) is 0 Å². The largest absolute Gasteiger partial charge is 0.496 e. The Bertz CT molecular complexity index is 510. The molecule has 2 N–H and O–H groups in total. The highest BCUT2D eigenvalue weighted by molar-refractivity contribution is 5.34. The minimum atomic E-state index is -0.278. The molecule has 1 heterocycles. The minimum Gasteiger partial charge on any atom is -0.496 e. The molecule has 90 valence electrons. The molecule has 0 bridgehead atoms. The van der Waals surface area contributed by atoms with Gasteiger partial charge in [0.05, 0.1) is 25.7 Å². The summed E-state index contributed by atoms with van der Waals surface area (Å²) in [6.45, 7) is 0.904. The average Bonchev–Trinajstić information content (AvgIpc) is 2.77. The molecule has 0 saturated heterocycles. The van der Waals surface area contributed by atoms with Gasteiger partial charge in [-0.15, -0.1) is 0 Å². The molecule has 4 nitrogen and oxygen atoms in total. The van der Waals surface area contributed by atoms with Crippen LogP contribution in [0.15, 0.2) is 30.7 Å². The average molecular weight is 235 g/mol. The van der Waals surface area contributed by atoms with Gasteiger partial charge < -0.3 is 15.0 Å². The van der Waals surface area contributed by atoms with Crippen LogP contribution in [-0.4, -0.2) is 16.7 Å². The van der Waals surface area contributed by atoms with Crippen molar-refractivity contribution in [2.24, 2.45) is 5.73 Å². The summed E-state index contributed by atoms with van der Waals surface area (Å²) in [5.41, 5.74) is 7.05. The van der Waals surface area contributed by atoms with Gasteiger partial charge in [-0.05, 0) is 18.2 Å². The normalized spacial score (nSPS) is 10.5. The topological polar surface area (TPSA) is 53.1 Å². The van der Waals surface area contributed by atoms with Gasteiger partial charge in [-0.3, -0.25) is 0 Å². The fourth-order valence-corrected chi connectivity index (χ4v) is 1.67. The van der Waals surface area contributed by atoms with E-state index in [1.165, 1.54) is 12.1 Å². The van der Waals surface area contributed by atoms with Crippen molar-refractivity contribution in [1.82, 2.24) is 9.55 Å². The molecule has 0 aliphatic heterocycles. The van der Waals surface area contributed by atoms with Gasteiger partial charge in [-0.2, -0.15) is 0 Å². The molecule has 0 aliphatic carbocycles. The summed E-state index contributed by atoms with van der Waals surface area (Å²) < 4.78 is 20.2. The maximum absolute atomic E-state index is 13.2. The third-order valence-electron chi connectivity index (χ3n) is 2.49. The van der Waals surface area contributed by atoms with Crippen LogP contribution in [-0.2, 0) is 13.1 Å². The van der Waals surface area contributed by atoms with E-state index in [2.05, 4.69) is 4.98 Å². The lowest BCUT2D eigenvalue weighted by molar-refractivity contribution is 0.407. The first-order chi connectivity index (χ1) is 8.22. The maximum Gasteiger partial charge on any atom is 0.124 e. The lowest BCUT2D eigenvalue weighted by atomic mass is 10.2. The molecule has 0 atom stereocenters. The first-order valence-electron chi connectivity index (χ1n) is 5.26. The van der Waals surface area contributed by atoms with Gasteiger partial charge in [0.2, 0.25) is 0 Å². The summed E-state index contributed by atoms with van der Waals surface area (Å²) in [6.07, 6.45) is 3.51.